The maximum atomic E-state index is 12.5. The van der Waals surface area contributed by atoms with Crippen molar-refractivity contribution in [2.45, 2.75) is 6.23 Å². The van der Waals surface area contributed by atoms with Crippen molar-refractivity contribution in [1.82, 2.24) is 9.88 Å². The van der Waals surface area contributed by atoms with Gasteiger partial charge in [0.2, 0.25) is 6.23 Å². The zero-order valence-electron chi connectivity index (χ0n) is 13.5. The lowest BCUT2D eigenvalue weighted by atomic mass is 10.2. The van der Waals surface area contributed by atoms with E-state index in [0.717, 1.165) is 10.2 Å². The van der Waals surface area contributed by atoms with Crippen LogP contribution in [0.25, 0.3) is 10.2 Å². The number of fused-ring (bicyclic) bond motifs is 1. The third-order valence-corrected chi connectivity index (χ3v) is 5.03. The molecule has 1 saturated heterocycles. The van der Waals surface area contributed by atoms with Crippen LogP contribution in [0.15, 0.2) is 54.6 Å². The van der Waals surface area contributed by atoms with Crippen molar-refractivity contribution in [3.05, 3.63) is 60.2 Å². The average Bonchev–Trinajstić information content (AvgIpc) is 3.16. The third-order valence-electron chi connectivity index (χ3n) is 3.99. The number of anilines is 1. The van der Waals surface area contributed by atoms with E-state index in [2.05, 4.69) is 4.98 Å². The summed E-state index contributed by atoms with van der Waals surface area (Å²) in [6.07, 6.45) is -0.703. The maximum absolute atomic E-state index is 12.5. The fourth-order valence-electron chi connectivity index (χ4n) is 2.73. The molecule has 0 bridgehead atoms. The smallest absolute Gasteiger partial charge is 0.340 e. The first-order valence-corrected chi connectivity index (χ1v) is 8.61. The first-order valence-electron chi connectivity index (χ1n) is 7.79. The number of aromatic nitrogens is 1. The second-order valence-electron chi connectivity index (χ2n) is 5.72. The number of nitrogens with zero attached hydrogens (tertiary/aromatic N) is 3. The van der Waals surface area contributed by atoms with E-state index < -0.39 is 12.2 Å². The molecule has 0 N–H and O–H groups in total. The molecule has 2 aromatic carbocycles. The lowest BCUT2D eigenvalue weighted by Gasteiger charge is -2.20. The van der Waals surface area contributed by atoms with Gasteiger partial charge in [-0.15, -0.1) is 0 Å². The topological polar surface area (TPSA) is 62.7 Å². The number of carbonyl (C=O) groups is 2. The first kappa shape index (κ1) is 15.6. The summed E-state index contributed by atoms with van der Waals surface area (Å²) < 4.78 is 6.57. The van der Waals surface area contributed by atoms with Crippen LogP contribution in [-0.4, -0.2) is 41.7 Å². The number of rotatable bonds is 3. The van der Waals surface area contributed by atoms with Crippen LogP contribution >= 0.6 is 11.3 Å². The van der Waals surface area contributed by atoms with Crippen molar-refractivity contribution < 1.29 is 14.3 Å². The molecule has 3 aromatic rings. The van der Waals surface area contributed by atoms with Gasteiger partial charge in [0.25, 0.3) is 0 Å². The fourth-order valence-corrected chi connectivity index (χ4v) is 3.72. The number of likely N-dealkylation sites (N-methyl/N-ethyl adjacent to an activating group) is 1. The number of ether oxygens (including phenoxy) is 1. The van der Waals surface area contributed by atoms with Crippen LogP contribution in [0.3, 0.4) is 0 Å². The van der Waals surface area contributed by atoms with Crippen LogP contribution in [0.2, 0.25) is 0 Å². The van der Waals surface area contributed by atoms with Gasteiger partial charge < -0.3 is 9.64 Å². The van der Waals surface area contributed by atoms with Crippen LogP contribution in [-0.2, 0) is 4.74 Å². The molecule has 0 spiro atoms. The van der Waals surface area contributed by atoms with Gasteiger partial charge in [0.1, 0.15) is 0 Å². The molecule has 4 rings (SSSR count). The molecule has 6 nitrogen and oxygen atoms in total. The molecule has 1 aliphatic heterocycles. The zero-order valence-corrected chi connectivity index (χ0v) is 14.3. The molecule has 1 unspecified atom stereocenters. The Morgan fingerprint density at radius 3 is 2.64 bits per heavy atom. The SMILES string of the molecule is CN1CC(OC(=O)c2ccccc2)N(c2nc3ccccc3s2)C1=O. The lowest BCUT2D eigenvalue weighted by Crippen LogP contribution is -2.37. The Balaban J connectivity index is 1.64. The van der Waals surface area contributed by atoms with E-state index >= 15 is 0 Å². The number of hydrogen-bond donors (Lipinski definition) is 0. The number of amides is 2. The number of benzene rings is 2. The van der Waals surface area contributed by atoms with Crippen molar-refractivity contribution in [2.24, 2.45) is 0 Å². The molecule has 7 heteroatoms. The van der Waals surface area contributed by atoms with E-state index in [4.69, 9.17) is 4.74 Å². The monoisotopic (exact) mass is 353 g/mol. The Morgan fingerprint density at radius 2 is 1.88 bits per heavy atom. The Labute approximate surface area is 148 Å². The van der Waals surface area contributed by atoms with Crippen molar-refractivity contribution in [3.63, 3.8) is 0 Å². The van der Waals surface area contributed by atoms with Crippen LogP contribution < -0.4 is 4.90 Å². The summed E-state index contributed by atoms with van der Waals surface area (Å²) in [5.74, 6) is -0.459. The number of esters is 1. The standard InChI is InChI=1S/C18H15N3O3S/c1-20-11-15(24-16(22)12-7-3-2-4-8-12)21(18(20)23)17-19-13-9-5-6-10-14(13)25-17/h2-10,15H,11H2,1H3. The molecule has 1 fully saturated rings. The average molecular weight is 353 g/mol. The highest BCUT2D eigenvalue weighted by molar-refractivity contribution is 7.22. The van der Waals surface area contributed by atoms with E-state index in [1.807, 2.05) is 30.3 Å². The largest absolute Gasteiger partial charge is 0.435 e. The van der Waals surface area contributed by atoms with Gasteiger partial charge in [0.15, 0.2) is 5.13 Å². The lowest BCUT2D eigenvalue weighted by molar-refractivity contribution is 0.0331. The molecule has 1 aromatic heterocycles. The van der Waals surface area contributed by atoms with Gasteiger partial charge in [-0.05, 0) is 24.3 Å². The zero-order chi connectivity index (χ0) is 17.4. The summed E-state index contributed by atoms with van der Waals surface area (Å²) in [4.78, 5) is 32.4. The molecule has 126 valence electrons. The summed E-state index contributed by atoms with van der Waals surface area (Å²) in [7, 11) is 1.68. The maximum Gasteiger partial charge on any atom is 0.340 e. The minimum Gasteiger partial charge on any atom is -0.435 e. The van der Waals surface area contributed by atoms with Gasteiger partial charge in [-0.25, -0.2) is 19.5 Å². The van der Waals surface area contributed by atoms with Gasteiger partial charge in [0.05, 0.1) is 22.3 Å². The van der Waals surface area contributed by atoms with E-state index in [1.165, 1.54) is 21.1 Å². The second-order valence-corrected chi connectivity index (χ2v) is 6.73. The second kappa shape index (κ2) is 6.18. The molecule has 25 heavy (non-hydrogen) atoms. The van der Waals surface area contributed by atoms with Crippen LogP contribution in [0.5, 0.6) is 0 Å². The summed E-state index contributed by atoms with van der Waals surface area (Å²) in [5.41, 5.74) is 1.27. The van der Waals surface area contributed by atoms with Crippen LogP contribution in [0, 0.1) is 0 Å². The predicted octanol–water partition coefficient (Wildman–Crippen LogP) is 3.35. The normalized spacial score (nSPS) is 17.3. The van der Waals surface area contributed by atoms with Gasteiger partial charge in [-0.2, -0.15) is 0 Å². The third kappa shape index (κ3) is 2.83. The minimum absolute atomic E-state index is 0.232. The Morgan fingerprint density at radius 1 is 1.16 bits per heavy atom. The molecule has 1 atom stereocenters. The van der Waals surface area contributed by atoms with Crippen molar-refractivity contribution in [2.75, 3.05) is 18.5 Å². The van der Waals surface area contributed by atoms with Gasteiger partial charge >= 0.3 is 12.0 Å². The highest BCUT2D eigenvalue weighted by Crippen LogP contribution is 2.33. The van der Waals surface area contributed by atoms with E-state index in [1.54, 1.807) is 31.3 Å². The minimum atomic E-state index is -0.703. The van der Waals surface area contributed by atoms with Crippen molar-refractivity contribution in [1.29, 1.82) is 0 Å². The summed E-state index contributed by atoms with van der Waals surface area (Å²) in [6.45, 7) is 0.299. The Hall–Kier alpha value is -2.93. The summed E-state index contributed by atoms with van der Waals surface area (Å²) >= 11 is 1.40. The highest BCUT2D eigenvalue weighted by Gasteiger charge is 2.40. The molecule has 0 aliphatic carbocycles. The summed E-state index contributed by atoms with van der Waals surface area (Å²) in [5, 5.41) is 0.529. The van der Waals surface area contributed by atoms with Gasteiger partial charge in [-0.3, -0.25) is 0 Å². The number of para-hydroxylation sites is 1. The molecule has 1 aliphatic rings. The Kier molecular flexibility index (Phi) is 3.85. The van der Waals surface area contributed by atoms with Crippen molar-refractivity contribution >= 4 is 38.7 Å². The molecular weight excluding hydrogens is 338 g/mol. The molecule has 0 radical (unpaired) electrons. The van der Waals surface area contributed by atoms with Crippen molar-refractivity contribution in [3.8, 4) is 0 Å². The number of urea groups is 1. The number of hydrogen-bond acceptors (Lipinski definition) is 5. The first-order chi connectivity index (χ1) is 12.1. The molecular formula is C18H15N3O3S. The van der Waals surface area contributed by atoms with Gasteiger partial charge in [-0.1, -0.05) is 41.7 Å². The number of carbonyl (C=O) groups excluding carboxylic acids is 2. The van der Waals surface area contributed by atoms with E-state index in [9.17, 15) is 9.59 Å². The Bertz CT molecular complexity index is 908. The van der Waals surface area contributed by atoms with E-state index in [-0.39, 0.29) is 6.03 Å². The molecule has 2 heterocycles. The predicted molar refractivity (Wildman–Crippen MR) is 95.8 cm³/mol. The van der Waals surface area contributed by atoms with Crippen LogP contribution in [0.1, 0.15) is 10.4 Å². The highest BCUT2D eigenvalue weighted by atomic mass is 32.1. The summed E-state index contributed by atoms with van der Waals surface area (Å²) in [6, 6.07) is 16.2. The quantitative estimate of drug-likeness (QED) is 0.678. The molecule has 0 saturated carbocycles. The van der Waals surface area contributed by atoms with E-state index in [0.29, 0.717) is 17.2 Å². The van der Waals surface area contributed by atoms with Crippen LogP contribution in [0.4, 0.5) is 9.93 Å². The fraction of sp³-hybridized carbons (Fsp3) is 0.167. The number of thiazole rings is 1. The molecule has 2 amide bonds. The van der Waals surface area contributed by atoms with Gasteiger partial charge in [0, 0.05) is 7.05 Å².